The summed E-state index contributed by atoms with van der Waals surface area (Å²) >= 11 is 0. The Hall–Kier alpha value is -3.65. The first-order chi connectivity index (χ1) is 12.1. The van der Waals surface area contributed by atoms with E-state index in [1.807, 2.05) is 37.3 Å². The quantitative estimate of drug-likeness (QED) is 0.750. The minimum Gasteiger partial charge on any atom is -0.354 e. The molecule has 0 saturated heterocycles. The zero-order chi connectivity index (χ0) is 17.6. The maximum Gasteiger partial charge on any atom is 0.257 e. The molecule has 1 heterocycles. The Morgan fingerprint density at radius 2 is 1.80 bits per heavy atom. The van der Waals surface area contributed by atoms with E-state index >= 15 is 0 Å². The third-order valence-corrected chi connectivity index (χ3v) is 3.58. The van der Waals surface area contributed by atoms with Crippen molar-refractivity contribution in [1.29, 1.82) is 5.26 Å². The van der Waals surface area contributed by atoms with Gasteiger partial charge in [0.05, 0.1) is 29.1 Å². The molecule has 5 heteroatoms. The highest BCUT2D eigenvalue weighted by Crippen LogP contribution is 2.18. The highest BCUT2D eigenvalue weighted by Gasteiger charge is 2.08. The van der Waals surface area contributed by atoms with Crippen LogP contribution in [0.2, 0.25) is 0 Å². The molecule has 3 aromatic rings. The van der Waals surface area contributed by atoms with Crippen LogP contribution in [0, 0.1) is 18.3 Å². The molecule has 0 spiro atoms. The molecule has 0 fully saturated rings. The number of amides is 1. The zero-order valence-corrected chi connectivity index (χ0v) is 13.7. The third kappa shape index (κ3) is 4.21. The van der Waals surface area contributed by atoms with Gasteiger partial charge < -0.3 is 10.6 Å². The summed E-state index contributed by atoms with van der Waals surface area (Å²) in [6.07, 6.45) is 3.18. The minimum absolute atomic E-state index is 0.259. The van der Waals surface area contributed by atoms with Crippen LogP contribution in [0.5, 0.6) is 0 Å². The molecule has 0 unspecified atom stereocenters. The topological polar surface area (TPSA) is 77.8 Å². The highest BCUT2D eigenvalue weighted by molar-refractivity contribution is 6.04. The Morgan fingerprint density at radius 3 is 2.52 bits per heavy atom. The van der Waals surface area contributed by atoms with E-state index in [1.165, 1.54) is 6.20 Å². The van der Waals surface area contributed by atoms with Crippen LogP contribution in [0.25, 0.3) is 0 Å². The zero-order valence-electron chi connectivity index (χ0n) is 13.7. The van der Waals surface area contributed by atoms with E-state index in [4.69, 9.17) is 5.26 Å². The second kappa shape index (κ2) is 7.28. The van der Waals surface area contributed by atoms with Gasteiger partial charge in [-0.3, -0.25) is 9.78 Å². The van der Waals surface area contributed by atoms with Crippen LogP contribution in [-0.2, 0) is 0 Å². The van der Waals surface area contributed by atoms with Crippen LogP contribution in [0.3, 0.4) is 0 Å². The molecule has 0 aliphatic carbocycles. The second-order valence-electron chi connectivity index (χ2n) is 5.60. The normalized spacial score (nSPS) is 9.92. The molecular weight excluding hydrogens is 312 g/mol. The summed E-state index contributed by atoms with van der Waals surface area (Å²) in [5, 5.41) is 14.8. The Kier molecular flexibility index (Phi) is 4.72. The molecule has 25 heavy (non-hydrogen) atoms. The van der Waals surface area contributed by atoms with E-state index in [9.17, 15) is 4.79 Å². The van der Waals surface area contributed by atoms with Crippen LogP contribution in [0.4, 0.5) is 17.1 Å². The molecule has 3 rings (SSSR count). The van der Waals surface area contributed by atoms with E-state index in [0.29, 0.717) is 16.8 Å². The first-order valence-corrected chi connectivity index (χ1v) is 7.74. The lowest BCUT2D eigenvalue weighted by atomic mass is 10.2. The molecule has 2 N–H and O–H groups in total. The van der Waals surface area contributed by atoms with Gasteiger partial charge in [-0.1, -0.05) is 12.1 Å². The summed E-state index contributed by atoms with van der Waals surface area (Å²) in [7, 11) is 0. The van der Waals surface area contributed by atoms with Gasteiger partial charge in [0, 0.05) is 17.6 Å². The lowest BCUT2D eigenvalue weighted by Crippen LogP contribution is -2.12. The molecule has 5 nitrogen and oxygen atoms in total. The van der Waals surface area contributed by atoms with Crippen molar-refractivity contribution in [2.75, 3.05) is 10.6 Å². The van der Waals surface area contributed by atoms with Crippen LogP contribution in [0.1, 0.15) is 21.5 Å². The van der Waals surface area contributed by atoms with Crippen molar-refractivity contribution in [3.8, 4) is 6.07 Å². The fourth-order valence-electron chi connectivity index (χ4n) is 2.35. The molecule has 0 radical (unpaired) electrons. The number of nitriles is 1. The largest absolute Gasteiger partial charge is 0.354 e. The SMILES string of the molecule is Cc1cccc(Nc2cncc(C(=O)Nc3ccc(C#N)cc3)c2)c1. The van der Waals surface area contributed by atoms with Crippen molar-refractivity contribution in [1.82, 2.24) is 4.98 Å². The predicted molar refractivity (Wildman–Crippen MR) is 97.8 cm³/mol. The first kappa shape index (κ1) is 16.2. The number of hydrogen-bond acceptors (Lipinski definition) is 4. The number of carbonyl (C=O) groups is 1. The van der Waals surface area contributed by atoms with Crippen molar-refractivity contribution in [3.63, 3.8) is 0 Å². The smallest absolute Gasteiger partial charge is 0.257 e. The van der Waals surface area contributed by atoms with Gasteiger partial charge in [-0.2, -0.15) is 5.26 Å². The predicted octanol–water partition coefficient (Wildman–Crippen LogP) is 4.26. The van der Waals surface area contributed by atoms with Crippen LogP contribution < -0.4 is 10.6 Å². The summed E-state index contributed by atoms with van der Waals surface area (Å²) in [5.41, 5.74) is 4.43. The molecule has 0 aliphatic heterocycles. The number of anilines is 3. The fourth-order valence-corrected chi connectivity index (χ4v) is 2.35. The fraction of sp³-hybridized carbons (Fsp3) is 0.0500. The monoisotopic (exact) mass is 328 g/mol. The number of benzene rings is 2. The van der Waals surface area contributed by atoms with Crippen molar-refractivity contribution >= 4 is 23.0 Å². The number of carbonyl (C=O) groups excluding carboxylic acids is 1. The van der Waals surface area contributed by atoms with Crippen LogP contribution in [-0.4, -0.2) is 10.9 Å². The van der Waals surface area contributed by atoms with E-state index in [0.717, 1.165) is 16.9 Å². The Bertz CT molecular complexity index is 942. The number of pyridine rings is 1. The number of hydrogen-bond donors (Lipinski definition) is 2. The van der Waals surface area contributed by atoms with Gasteiger partial charge in [-0.05, 0) is 55.0 Å². The summed E-state index contributed by atoms with van der Waals surface area (Å²) < 4.78 is 0. The van der Waals surface area contributed by atoms with Gasteiger partial charge in [0.2, 0.25) is 0 Å². The van der Waals surface area contributed by atoms with Gasteiger partial charge in [-0.15, -0.1) is 0 Å². The van der Waals surface area contributed by atoms with Gasteiger partial charge >= 0.3 is 0 Å². The molecule has 0 aliphatic rings. The molecule has 2 aromatic carbocycles. The van der Waals surface area contributed by atoms with Gasteiger partial charge in [0.1, 0.15) is 0 Å². The third-order valence-electron chi connectivity index (χ3n) is 3.58. The van der Waals surface area contributed by atoms with E-state index < -0.39 is 0 Å². The molecule has 0 bridgehead atoms. The van der Waals surface area contributed by atoms with E-state index in [2.05, 4.69) is 15.6 Å². The Balaban J connectivity index is 1.73. The molecule has 1 aromatic heterocycles. The van der Waals surface area contributed by atoms with Crippen molar-refractivity contribution < 1.29 is 4.79 Å². The second-order valence-corrected chi connectivity index (χ2v) is 5.60. The molecule has 0 atom stereocenters. The van der Waals surface area contributed by atoms with Gasteiger partial charge in [0.15, 0.2) is 0 Å². The Labute approximate surface area is 146 Å². The number of rotatable bonds is 4. The number of nitrogens with zero attached hydrogens (tertiary/aromatic N) is 2. The molecule has 122 valence electrons. The average Bonchev–Trinajstić information content (AvgIpc) is 2.62. The summed E-state index contributed by atoms with van der Waals surface area (Å²) in [5.74, 6) is -0.259. The van der Waals surface area contributed by atoms with Crippen molar-refractivity contribution in [2.45, 2.75) is 6.92 Å². The molecule has 1 amide bonds. The number of nitrogens with one attached hydrogen (secondary N) is 2. The first-order valence-electron chi connectivity index (χ1n) is 7.74. The molecular formula is C20H16N4O. The van der Waals surface area contributed by atoms with Crippen molar-refractivity contribution in [2.24, 2.45) is 0 Å². The van der Waals surface area contributed by atoms with E-state index in [-0.39, 0.29) is 5.91 Å². The van der Waals surface area contributed by atoms with Gasteiger partial charge in [0.25, 0.3) is 5.91 Å². The number of aromatic nitrogens is 1. The average molecular weight is 328 g/mol. The van der Waals surface area contributed by atoms with Crippen LogP contribution in [0.15, 0.2) is 67.0 Å². The summed E-state index contributed by atoms with van der Waals surface area (Å²) in [6.45, 7) is 2.02. The maximum atomic E-state index is 12.4. The minimum atomic E-state index is -0.259. The van der Waals surface area contributed by atoms with E-state index in [1.54, 1.807) is 36.5 Å². The molecule has 0 saturated carbocycles. The maximum absolute atomic E-state index is 12.4. The summed E-state index contributed by atoms with van der Waals surface area (Å²) in [6, 6.07) is 18.4. The highest BCUT2D eigenvalue weighted by atomic mass is 16.1. The van der Waals surface area contributed by atoms with Crippen LogP contribution >= 0.6 is 0 Å². The number of aryl methyl sites for hydroxylation is 1. The van der Waals surface area contributed by atoms with Crippen molar-refractivity contribution in [3.05, 3.63) is 83.7 Å². The standard InChI is InChI=1S/C20H16N4O/c1-14-3-2-4-18(9-14)23-19-10-16(12-22-13-19)20(25)24-17-7-5-15(11-21)6-8-17/h2-10,12-13,23H,1H3,(H,24,25). The lowest BCUT2D eigenvalue weighted by Gasteiger charge is -2.09. The Morgan fingerprint density at radius 1 is 1.00 bits per heavy atom. The van der Waals surface area contributed by atoms with Gasteiger partial charge in [-0.25, -0.2) is 0 Å². The lowest BCUT2D eigenvalue weighted by molar-refractivity contribution is 0.102. The summed E-state index contributed by atoms with van der Waals surface area (Å²) in [4.78, 5) is 16.5.